The molecule has 7 heteroatoms. The van der Waals surface area contributed by atoms with Crippen LogP contribution in [0.15, 0.2) is 52.2 Å². The van der Waals surface area contributed by atoms with Crippen LogP contribution in [0.25, 0.3) is 10.9 Å². The summed E-state index contributed by atoms with van der Waals surface area (Å²) in [6.07, 6.45) is 2.27. The Bertz CT molecular complexity index is 1070. The van der Waals surface area contributed by atoms with Gasteiger partial charge >= 0.3 is 5.69 Å². The molecular weight excluding hydrogens is 320 g/mol. The van der Waals surface area contributed by atoms with Crippen LogP contribution in [0.4, 0.5) is 0 Å². The summed E-state index contributed by atoms with van der Waals surface area (Å²) in [4.78, 5) is 42.7. The largest absolute Gasteiger partial charge is 0.350 e. The van der Waals surface area contributed by atoms with Gasteiger partial charge in [0, 0.05) is 19.3 Å². The minimum atomic E-state index is -0.411. The van der Waals surface area contributed by atoms with Gasteiger partial charge in [0.2, 0.25) is 0 Å². The summed E-state index contributed by atoms with van der Waals surface area (Å²) in [6.45, 7) is 0.877. The zero-order valence-electron chi connectivity index (χ0n) is 13.4. The summed E-state index contributed by atoms with van der Waals surface area (Å²) in [5.41, 5.74) is 1.24. The molecule has 1 aromatic carbocycles. The molecule has 1 amide bonds. The van der Waals surface area contributed by atoms with Crippen molar-refractivity contribution >= 4 is 16.8 Å². The number of benzene rings is 1. The number of hydrogen-bond donors (Lipinski definition) is 2. The van der Waals surface area contributed by atoms with E-state index in [2.05, 4.69) is 15.3 Å². The first-order valence-corrected chi connectivity index (χ1v) is 8.07. The van der Waals surface area contributed by atoms with Crippen molar-refractivity contribution in [1.29, 1.82) is 0 Å². The van der Waals surface area contributed by atoms with Crippen LogP contribution in [0.5, 0.6) is 0 Å². The third kappa shape index (κ3) is 2.73. The number of rotatable bonds is 3. The first-order chi connectivity index (χ1) is 12.1. The molecule has 0 fully saturated rings. The smallest absolute Gasteiger partial charge is 0.328 e. The Labute approximate surface area is 142 Å². The number of nitrogens with one attached hydrogen (secondary N) is 2. The molecule has 1 unspecified atom stereocenters. The number of para-hydroxylation sites is 1. The Morgan fingerprint density at radius 3 is 2.92 bits per heavy atom. The van der Waals surface area contributed by atoms with Crippen LogP contribution in [0.1, 0.15) is 16.1 Å². The monoisotopic (exact) mass is 336 g/mol. The fourth-order valence-corrected chi connectivity index (χ4v) is 3.36. The molecule has 3 aromatic rings. The number of hydrogen-bond acceptors (Lipinski definition) is 4. The predicted octanol–water partition coefficient (Wildman–Crippen LogP) is 0.687. The topological polar surface area (TPSA) is 96.9 Å². The van der Waals surface area contributed by atoms with E-state index in [9.17, 15) is 14.4 Å². The Morgan fingerprint density at radius 2 is 2.12 bits per heavy atom. The van der Waals surface area contributed by atoms with Gasteiger partial charge in [-0.3, -0.25) is 24.1 Å². The van der Waals surface area contributed by atoms with Crippen molar-refractivity contribution in [3.63, 3.8) is 0 Å². The molecule has 0 spiro atoms. The predicted molar refractivity (Wildman–Crippen MR) is 92.6 cm³/mol. The third-order valence-corrected chi connectivity index (χ3v) is 4.50. The van der Waals surface area contributed by atoms with Gasteiger partial charge in [-0.05, 0) is 36.1 Å². The first-order valence-electron chi connectivity index (χ1n) is 8.07. The average Bonchev–Trinajstić information content (AvgIpc) is 2.64. The Morgan fingerprint density at radius 1 is 1.24 bits per heavy atom. The van der Waals surface area contributed by atoms with Gasteiger partial charge in [0.1, 0.15) is 5.69 Å². The second-order valence-electron chi connectivity index (χ2n) is 6.18. The van der Waals surface area contributed by atoms with Crippen LogP contribution < -0.4 is 16.6 Å². The van der Waals surface area contributed by atoms with Crippen molar-refractivity contribution in [2.24, 2.45) is 5.92 Å². The summed E-state index contributed by atoms with van der Waals surface area (Å²) in [6, 6.07) is 10.6. The number of pyridine rings is 1. The molecule has 7 nitrogen and oxygen atoms in total. The maximum atomic E-state index is 12.2. The van der Waals surface area contributed by atoms with E-state index in [-0.39, 0.29) is 17.4 Å². The van der Waals surface area contributed by atoms with Crippen molar-refractivity contribution in [2.45, 2.75) is 13.0 Å². The van der Waals surface area contributed by atoms with E-state index < -0.39 is 5.69 Å². The van der Waals surface area contributed by atoms with Gasteiger partial charge in [0.15, 0.2) is 0 Å². The highest BCUT2D eigenvalue weighted by molar-refractivity contribution is 5.92. The molecule has 0 radical (unpaired) electrons. The molecule has 2 aromatic heterocycles. The lowest BCUT2D eigenvalue weighted by Crippen LogP contribution is -2.40. The first kappa shape index (κ1) is 15.3. The molecule has 25 heavy (non-hydrogen) atoms. The van der Waals surface area contributed by atoms with Gasteiger partial charge in [0.25, 0.3) is 11.5 Å². The van der Waals surface area contributed by atoms with E-state index in [1.165, 1.54) is 0 Å². The number of aromatic nitrogens is 3. The summed E-state index contributed by atoms with van der Waals surface area (Å²) in [5.74, 6) is -0.173. The highest BCUT2D eigenvalue weighted by Gasteiger charge is 2.23. The van der Waals surface area contributed by atoms with Crippen LogP contribution in [-0.4, -0.2) is 27.0 Å². The van der Waals surface area contributed by atoms with Crippen molar-refractivity contribution < 1.29 is 4.79 Å². The fourth-order valence-electron chi connectivity index (χ4n) is 3.36. The highest BCUT2D eigenvalue weighted by Crippen LogP contribution is 2.24. The molecule has 126 valence electrons. The van der Waals surface area contributed by atoms with E-state index in [4.69, 9.17) is 0 Å². The molecule has 4 rings (SSSR count). The zero-order valence-corrected chi connectivity index (χ0v) is 13.4. The molecule has 3 heterocycles. The quantitative estimate of drug-likeness (QED) is 0.735. The van der Waals surface area contributed by atoms with Crippen LogP contribution in [0, 0.1) is 5.92 Å². The van der Waals surface area contributed by atoms with Gasteiger partial charge in [0.05, 0.1) is 10.9 Å². The molecule has 0 aliphatic carbocycles. The van der Waals surface area contributed by atoms with Crippen LogP contribution >= 0.6 is 0 Å². The Hall–Kier alpha value is -3.22. The standard InChI is InChI=1S/C18H16N4O3/c23-16-13-5-3-4-12-8-11(10-22(15(12)13)18(25)21-16)9-20-17(24)14-6-1-2-7-19-14/h1-7,11H,8-10H2,(H,20,24)(H,21,23,25). The molecule has 1 aliphatic heterocycles. The van der Waals surface area contributed by atoms with E-state index >= 15 is 0 Å². The van der Waals surface area contributed by atoms with Crippen molar-refractivity contribution in [1.82, 2.24) is 19.9 Å². The summed E-state index contributed by atoms with van der Waals surface area (Å²) in [5, 5.41) is 3.39. The molecule has 0 saturated heterocycles. The van der Waals surface area contributed by atoms with E-state index in [1.807, 2.05) is 12.1 Å². The Kier molecular flexibility index (Phi) is 3.68. The highest BCUT2D eigenvalue weighted by atomic mass is 16.2. The van der Waals surface area contributed by atoms with Crippen molar-refractivity contribution in [3.05, 3.63) is 74.7 Å². The van der Waals surface area contributed by atoms with Gasteiger partial charge in [-0.1, -0.05) is 18.2 Å². The molecule has 2 N–H and O–H groups in total. The lowest BCUT2D eigenvalue weighted by atomic mass is 9.93. The van der Waals surface area contributed by atoms with Crippen molar-refractivity contribution in [2.75, 3.05) is 6.54 Å². The number of H-pyrrole nitrogens is 1. The second-order valence-corrected chi connectivity index (χ2v) is 6.18. The average molecular weight is 336 g/mol. The SMILES string of the molecule is O=C(NCC1Cc2cccc3c(=O)[nH]c(=O)n(c23)C1)c1ccccn1. The number of amides is 1. The van der Waals surface area contributed by atoms with Crippen LogP contribution in [0.3, 0.4) is 0 Å². The minimum Gasteiger partial charge on any atom is -0.350 e. The number of nitrogens with zero attached hydrogens (tertiary/aromatic N) is 2. The zero-order chi connectivity index (χ0) is 17.4. The van der Waals surface area contributed by atoms with Gasteiger partial charge in [-0.25, -0.2) is 4.79 Å². The van der Waals surface area contributed by atoms with Gasteiger partial charge < -0.3 is 5.32 Å². The van der Waals surface area contributed by atoms with E-state index in [0.717, 1.165) is 5.56 Å². The maximum Gasteiger partial charge on any atom is 0.328 e. The molecule has 1 aliphatic rings. The fraction of sp³-hybridized carbons (Fsp3) is 0.222. The molecule has 1 atom stereocenters. The third-order valence-electron chi connectivity index (χ3n) is 4.50. The lowest BCUT2D eigenvalue weighted by Gasteiger charge is -2.26. The Balaban J connectivity index is 1.58. The summed E-state index contributed by atoms with van der Waals surface area (Å²) in [7, 11) is 0. The van der Waals surface area contributed by atoms with E-state index in [0.29, 0.717) is 36.1 Å². The minimum absolute atomic E-state index is 0.0642. The normalized spacial score (nSPS) is 15.9. The summed E-state index contributed by atoms with van der Waals surface area (Å²) >= 11 is 0. The lowest BCUT2D eigenvalue weighted by molar-refractivity contribution is 0.0940. The van der Waals surface area contributed by atoms with Gasteiger partial charge in [-0.2, -0.15) is 0 Å². The molecular formula is C18H16N4O3. The maximum absolute atomic E-state index is 12.2. The van der Waals surface area contributed by atoms with Crippen molar-refractivity contribution in [3.8, 4) is 0 Å². The van der Waals surface area contributed by atoms with Crippen LogP contribution in [0.2, 0.25) is 0 Å². The number of aromatic amines is 1. The molecule has 0 saturated carbocycles. The summed E-state index contributed by atoms with van der Waals surface area (Å²) < 4.78 is 1.59. The van der Waals surface area contributed by atoms with Crippen LogP contribution in [-0.2, 0) is 13.0 Å². The van der Waals surface area contributed by atoms with E-state index in [1.54, 1.807) is 35.0 Å². The number of carbonyl (C=O) groups excluding carboxylic acids is 1. The van der Waals surface area contributed by atoms with Gasteiger partial charge in [-0.15, -0.1) is 0 Å². The molecule has 0 bridgehead atoms. The number of carbonyl (C=O) groups is 1. The second kappa shape index (κ2) is 6.01.